The van der Waals surface area contributed by atoms with Crippen LogP contribution in [0.3, 0.4) is 0 Å². The van der Waals surface area contributed by atoms with E-state index in [9.17, 15) is 0 Å². The van der Waals surface area contributed by atoms with Gasteiger partial charge in [-0.15, -0.1) is 0 Å². The van der Waals surface area contributed by atoms with Crippen molar-refractivity contribution < 1.29 is 4.74 Å². The van der Waals surface area contributed by atoms with Gasteiger partial charge in [0.2, 0.25) is 5.28 Å². The van der Waals surface area contributed by atoms with Crippen LogP contribution in [-0.4, -0.2) is 38.7 Å². The number of halogens is 1. The molecule has 96 valence electrons. The van der Waals surface area contributed by atoms with E-state index in [2.05, 4.69) is 32.2 Å². The second-order valence-electron chi connectivity index (χ2n) is 4.43. The van der Waals surface area contributed by atoms with Crippen molar-refractivity contribution in [1.29, 1.82) is 0 Å². The highest BCUT2D eigenvalue weighted by molar-refractivity contribution is 6.28. The second-order valence-corrected chi connectivity index (χ2v) is 4.76. The number of imidazole rings is 1. The molecule has 0 saturated carbocycles. The minimum atomic E-state index is 0.171. The first-order chi connectivity index (χ1) is 8.74. The topological polar surface area (TPSA) is 75.7 Å². The Labute approximate surface area is 109 Å². The zero-order chi connectivity index (χ0) is 12.5. The summed E-state index contributed by atoms with van der Waals surface area (Å²) in [6.45, 7) is 2.91. The van der Waals surface area contributed by atoms with Crippen LogP contribution >= 0.6 is 11.6 Å². The van der Waals surface area contributed by atoms with E-state index in [0.717, 1.165) is 25.0 Å². The summed E-state index contributed by atoms with van der Waals surface area (Å²) in [5.74, 6) is 0.672. The molecule has 0 aliphatic carbocycles. The van der Waals surface area contributed by atoms with Crippen LogP contribution in [0.5, 0.6) is 0 Å². The molecule has 0 aromatic carbocycles. The van der Waals surface area contributed by atoms with Crippen LogP contribution in [0.25, 0.3) is 11.2 Å². The van der Waals surface area contributed by atoms with Crippen molar-refractivity contribution in [3.63, 3.8) is 0 Å². The number of anilines is 1. The van der Waals surface area contributed by atoms with Gasteiger partial charge in [0, 0.05) is 6.61 Å². The summed E-state index contributed by atoms with van der Waals surface area (Å²) in [7, 11) is 0. The number of rotatable bonds is 3. The number of fused-ring (bicyclic) bond motifs is 1. The Morgan fingerprint density at radius 1 is 1.56 bits per heavy atom. The van der Waals surface area contributed by atoms with E-state index >= 15 is 0 Å². The molecule has 0 spiro atoms. The summed E-state index contributed by atoms with van der Waals surface area (Å²) < 4.78 is 5.65. The van der Waals surface area contributed by atoms with Gasteiger partial charge in [-0.2, -0.15) is 9.97 Å². The molecule has 2 unspecified atom stereocenters. The summed E-state index contributed by atoms with van der Waals surface area (Å²) in [5, 5.41) is 3.51. The third kappa shape index (κ3) is 2.13. The van der Waals surface area contributed by atoms with Crippen molar-refractivity contribution in [3.05, 3.63) is 11.6 Å². The lowest BCUT2D eigenvalue weighted by Gasteiger charge is -2.20. The van der Waals surface area contributed by atoms with Crippen LogP contribution in [0.2, 0.25) is 5.28 Å². The van der Waals surface area contributed by atoms with Gasteiger partial charge in [0.1, 0.15) is 5.52 Å². The van der Waals surface area contributed by atoms with Crippen molar-refractivity contribution in [3.8, 4) is 0 Å². The molecule has 1 fully saturated rings. The molecular weight excluding hydrogens is 254 g/mol. The largest absolute Gasteiger partial charge is 0.376 e. The Kier molecular flexibility index (Phi) is 3.05. The van der Waals surface area contributed by atoms with Crippen molar-refractivity contribution in [1.82, 2.24) is 19.9 Å². The fourth-order valence-electron chi connectivity index (χ4n) is 2.22. The van der Waals surface area contributed by atoms with E-state index in [1.165, 1.54) is 0 Å². The highest BCUT2D eigenvalue weighted by atomic mass is 35.5. The van der Waals surface area contributed by atoms with Gasteiger partial charge < -0.3 is 15.0 Å². The van der Waals surface area contributed by atoms with E-state index in [4.69, 9.17) is 16.3 Å². The SMILES string of the molecule is CC(Nc1nc(Cl)nc2nc[nH]c12)C1CCCO1. The lowest BCUT2D eigenvalue weighted by Crippen LogP contribution is -2.30. The molecule has 0 radical (unpaired) electrons. The summed E-state index contributed by atoms with van der Waals surface area (Å²) in [6, 6.07) is 0.171. The first-order valence-corrected chi connectivity index (χ1v) is 6.36. The lowest BCUT2D eigenvalue weighted by atomic mass is 10.1. The van der Waals surface area contributed by atoms with Crippen molar-refractivity contribution in [2.75, 3.05) is 11.9 Å². The molecule has 1 saturated heterocycles. The van der Waals surface area contributed by atoms with Crippen LogP contribution in [-0.2, 0) is 4.74 Å². The normalized spacial score (nSPS) is 21.3. The molecule has 1 aliphatic heterocycles. The molecule has 0 bridgehead atoms. The Balaban J connectivity index is 1.86. The quantitative estimate of drug-likeness (QED) is 0.832. The Bertz CT molecular complexity index is 551. The molecule has 1 aliphatic rings. The molecule has 2 N–H and O–H groups in total. The number of hydrogen-bond donors (Lipinski definition) is 2. The highest BCUT2D eigenvalue weighted by Gasteiger charge is 2.23. The Hall–Kier alpha value is -1.40. The first-order valence-electron chi connectivity index (χ1n) is 5.99. The number of H-pyrrole nitrogens is 1. The standard InChI is InChI=1S/C11H14ClN5O/c1-6(7-3-2-4-18-7)15-10-8-9(14-5-13-8)16-11(12)17-10/h5-7H,2-4H2,1H3,(H2,13,14,15,16,17). The molecule has 2 aromatic rings. The molecule has 7 heteroatoms. The predicted molar refractivity (Wildman–Crippen MR) is 68.8 cm³/mol. The number of aromatic nitrogens is 4. The number of ether oxygens (including phenoxy) is 1. The van der Waals surface area contributed by atoms with Gasteiger partial charge in [-0.25, -0.2) is 4.98 Å². The minimum absolute atomic E-state index is 0.171. The maximum Gasteiger partial charge on any atom is 0.226 e. The maximum absolute atomic E-state index is 5.88. The minimum Gasteiger partial charge on any atom is -0.376 e. The van der Waals surface area contributed by atoms with Gasteiger partial charge in [-0.05, 0) is 31.4 Å². The average molecular weight is 268 g/mol. The summed E-state index contributed by atoms with van der Waals surface area (Å²) in [6.07, 6.45) is 3.98. The van der Waals surface area contributed by atoms with Crippen LogP contribution in [0.4, 0.5) is 5.82 Å². The van der Waals surface area contributed by atoms with Crippen molar-refractivity contribution in [2.24, 2.45) is 0 Å². The van der Waals surface area contributed by atoms with E-state index in [1.807, 2.05) is 0 Å². The number of aromatic amines is 1. The number of nitrogens with zero attached hydrogens (tertiary/aromatic N) is 3. The third-order valence-corrected chi connectivity index (χ3v) is 3.31. The molecule has 18 heavy (non-hydrogen) atoms. The van der Waals surface area contributed by atoms with E-state index in [1.54, 1.807) is 6.33 Å². The smallest absolute Gasteiger partial charge is 0.226 e. The number of nitrogens with one attached hydrogen (secondary N) is 2. The molecule has 3 rings (SSSR count). The Morgan fingerprint density at radius 3 is 3.22 bits per heavy atom. The van der Waals surface area contributed by atoms with Gasteiger partial charge in [0.15, 0.2) is 11.5 Å². The van der Waals surface area contributed by atoms with Gasteiger partial charge in [-0.3, -0.25) is 0 Å². The van der Waals surface area contributed by atoms with Gasteiger partial charge in [0.05, 0.1) is 18.5 Å². The van der Waals surface area contributed by atoms with Crippen LogP contribution in [0, 0.1) is 0 Å². The summed E-state index contributed by atoms with van der Waals surface area (Å²) >= 11 is 5.88. The third-order valence-electron chi connectivity index (χ3n) is 3.15. The van der Waals surface area contributed by atoms with Gasteiger partial charge in [-0.1, -0.05) is 0 Å². The Morgan fingerprint density at radius 2 is 2.44 bits per heavy atom. The summed E-state index contributed by atoms with van der Waals surface area (Å²) in [5.41, 5.74) is 1.33. The monoisotopic (exact) mass is 267 g/mol. The molecule has 3 heterocycles. The average Bonchev–Trinajstić information content (AvgIpc) is 2.98. The van der Waals surface area contributed by atoms with E-state index in [0.29, 0.717) is 11.5 Å². The molecule has 0 amide bonds. The second kappa shape index (κ2) is 4.70. The van der Waals surface area contributed by atoms with Crippen molar-refractivity contribution in [2.45, 2.75) is 31.9 Å². The molecule has 6 nitrogen and oxygen atoms in total. The molecule has 2 atom stereocenters. The zero-order valence-corrected chi connectivity index (χ0v) is 10.7. The predicted octanol–water partition coefficient (Wildman–Crippen LogP) is 1.99. The summed E-state index contributed by atoms with van der Waals surface area (Å²) in [4.78, 5) is 15.3. The molecule has 2 aromatic heterocycles. The maximum atomic E-state index is 5.88. The fraction of sp³-hybridized carbons (Fsp3) is 0.545. The zero-order valence-electron chi connectivity index (χ0n) is 9.98. The van der Waals surface area contributed by atoms with E-state index in [-0.39, 0.29) is 17.4 Å². The van der Waals surface area contributed by atoms with E-state index < -0.39 is 0 Å². The van der Waals surface area contributed by atoms with Crippen LogP contribution in [0.1, 0.15) is 19.8 Å². The van der Waals surface area contributed by atoms with Crippen LogP contribution < -0.4 is 5.32 Å². The number of hydrogen-bond acceptors (Lipinski definition) is 5. The first kappa shape index (κ1) is 11.7. The van der Waals surface area contributed by atoms with Crippen molar-refractivity contribution >= 4 is 28.6 Å². The lowest BCUT2D eigenvalue weighted by molar-refractivity contribution is 0.0996. The molecular formula is C11H14ClN5O. The van der Waals surface area contributed by atoms with Gasteiger partial charge >= 0.3 is 0 Å². The fourth-order valence-corrected chi connectivity index (χ4v) is 2.38. The highest BCUT2D eigenvalue weighted by Crippen LogP contribution is 2.22. The van der Waals surface area contributed by atoms with Crippen LogP contribution in [0.15, 0.2) is 6.33 Å². The van der Waals surface area contributed by atoms with Gasteiger partial charge in [0.25, 0.3) is 0 Å².